The molecule has 0 bridgehead atoms. The number of ketones is 1. The van der Waals surface area contributed by atoms with Gasteiger partial charge in [-0.05, 0) is 18.1 Å². The normalized spacial score (nSPS) is 10.6. The van der Waals surface area contributed by atoms with Gasteiger partial charge in [-0.3, -0.25) is 9.48 Å². The molecule has 0 saturated carbocycles. The molecule has 2 aromatic rings. The van der Waals surface area contributed by atoms with Crippen LogP contribution in [0.5, 0.6) is 0 Å². The summed E-state index contributed by atoms with van der Waals surface area (Å²) >= 11 is 0. The van der Waals surface area contributed by atoms with Crippen LogP contribution < -0.4 is 0 Å². The molecule has 0 spiro atoms. The second kappa shape index (κ2) is 5.63. The minimum atomic E-state index is 0.179. The number of Topliss-reactive ketones (excluding diaryl/α,β-unsaturated/α-hetero) is 1. The molecule has 1 aromatic heterocycles. The van der Waals surface area contributed by atoms with Gasteiger partial charge in [0.15, 0.2) is 5.78 Å². The van der Waals surface area contributed by atoms with Crippen molar-refractivity contribution in [2.45, 2.75) is 33.2 Å². The lowest BCUT2D eigenvalue weighted by atomic mass is 10.0. The van der Waals surface area contributed by atoms with Crippen LogP contribution in [0.25, 0.3) is 11.1 Å². The first kappa shape index (κ1) is 12.6. The molecule has 3 heteroatoms. The van der Waals surface area contributed by atoms with Gasteiger partial charge in [-0.1, -0.05) is 32.0 Å². The van der Waals surface area contributed by atoms with Crippen LogP contribution >= 0.6 is 0 Å². The van der Waals surface area contributed by atoms with E-state index in [4.69, 9.17) is 0 Å². The van der Waals surface area contributed by atoms with Gasteiger partial charge >= 0.3 is 0 Å². The third-order valence-corrected chi connectivity index (χ3v) is 2.92. The third kappa shape index (κ3) is 2.67. The fraction of sp³-hybridized carbons (Fsp3) is 0.333. The maximum atomic E-state index is 11.7. The van der Waals surface area contributed by atoms with Gasteiger partial charge in [0.1, 0.15) is 0 Å². The molecule has 0 radical (unpaired) electrons. The second-order valence-electron chi connectivity index (χ2n) is 4.35. The first-order valence-corrected chi connectivity index (χ1v) is 6.40. The molecular weight excluding hydrogens is 224 g/mol. The Kier molecular flexibility index (Phi) is 3.92. The molecular formula is C15H18N2O. The summed E-state index contributed by atoms with van der Waals surface area (Å²) in [5.74, 6) is 0.179. The largest absolute Gasteiger partial charge is 0.294 e. The molecule has 0 aliphatic heterocycles. The van der Waals surface area contributed by atoms with Crippen molar-refractivity contribution in [3.63, 3.8) is 0 Å². The predicted molar refractivity (Wildman–Crippen MR) is 72.6 cm³/mol. The van der Waals surface area contributed by atoms with E-state index in [1.54, 1.807) is 0 Å². The fourth-order valence-corrected chi connectivity index (χ4v) is 1.94. The third-order valence-electron chi connectivity index (χ3n) is 2.92. The van der Waals surface area contributed by atoms with E-state index in [0.29, 0.717) is 6.42 Å². The van der Waals surface area contributed by atoms with Crippen molar-refractivity contribution in [3.8, 4) is 11.1 Å². The second-order valence-corrected chi connectivity index (χ2v) is 4.35. The van der Waals surface area contributed by atoms with Gasteiger partial charge in [0.2, 0.25) is 0 Å². The highest BCUT2D eigenvalue weighted by atomic mass is 16.1. The van der Waals surface area contributed by atoms with Crippen LogP contribution in [0.3, 0.4) is 0 Å². The molecule has 0 fully saturated rings. The zero-order valence-electron chi connectivity index (χ0n) is 10.9. The molecule has 0 saturated heterocycles. The summed E-state index contributed by atoms with van der Waals surface area (Å²) in [5, 5.41) is 4.31. The molecule has 0 unspecified atom stereocenters. The summed E-state index contributed by atoms with van der Waals surface area (Å²) in [6.07, 6.45) is 5.48. The van der Waals surface area contributed by atoms with Gasteiger partial charge in [0, 0.05) is 30.3 Å². The lowest BCUT2D eigenvalue weighted by Crippen LogP contribution is -1.96. The van der Waals surface area contributed by atoms with Gasteiger partial charge in [-0.25, -0.2) is 0 Å². The van der Waals surface area contributed by atoms with E-state index in [2.05, 4.69) is 12.0 Å². The monoisotopic (exact) mass is 242 g/mol. The van der Waals surface area contributed by atoms with Crippen molar-refractivity contribution in [2.24, 2.45) is 0 Å². The first-order valence-electron chi connectivity index (χ1n) is 6.40. The van der Waals surface area contributed by atoms with Crippen molar-refractivity contribution in [2.75, 3.05) is 0 Å². The van der Waals surface area contributed by atoms with Gasteiger partial charge in [-0.15, -0.1) is 0 Å². The number of hydrogen-bond acceptors (Lipinski definition) is 2. The highest BCUT2D eigenvalue weighted by Crippen LogP contribution is 2.20. The first-order chi connectivity index (χ1) is 8.74. The summed E-state index contributed by atoms with van der Waals surface area (Å²) in [4.78, 5) is 11.7. The summed E-state index contributed by atoms with van der Waals surface area (Å²) in [6, 6.07) is 7.75. The number of benzene rings is 1. The summed E-state index contributed by atoms with van der Waals surface area (Å²) in [7, 11) is 0. The Labute approximate surface area is 107 Å². The van der Waals surface area contributed by atoms with Crippen LogP contribution in [-0.4, -0.2) is 15.6 Å². The topological polar surface area (TPSA) is 34.9 Å². The Morgan fingerprint density at radius 1 is 1.28 bits per heavy atom. The van der Waals surface area contributed by atoms with E-state index in [0.717, 1.165) is 29.7 Å². The molecule has 94 valence electrons. The molecule has 18 heavy (non-hydrogen) atoms. The quantitative estimate of drug-likeness (QED) is 0.751. The molecule has 0 amide bonds. The van der Waals surface area contributed by atoms with Crippen molar-refractivity contribution >= 4 is 5.78 Å². The smallest absolute Gasteiger partial charge is 0.162 e. The SMILES string of the molecule is CCCn1cc(-c2cccc(C(=O)CC)c2)cn1. The molecule has 0 aliphatic rings. The van der Waals surface area contributed by atoms with Crippen molar-refractivity contribution in [1.29, 1.82) is 0 Å². The van der Waals surface area contributed by atoms with Gasteiger partial charge in [0.25, 0.3) is 0 Å². The number of rotatable bonds is 5. The van der Waals surface area contributed by atoms with Gasteiger partial charge < -0.3 is 0 Å². The summed E-state index contributed by atoms with van der Waals surface area (Å²) in [5.41, 5.74) is 2.89. The highest BCUT2D eigenvalue weighted by molar-refractivity contribution is 5.96. The van der Waals surface area contributed by atoms with E-state index in [-0.39, 0.29) is 5.78 Å². The molecule has 2 rings (SSSR count). The molecule has 0 aliphatic carbocycles. The van der Waals surface area contributed by atoms with Crippen LogP contribution in [0.4, 0.5) is 0 Å². The molecule has 3 nitrogen and oxygen atoms in total. The van der Waals surface area contributed by atoms with Crippen molar-refractivity contribution in [3.05, 3.63) is 42.2 Å². The Bertz CT molecular complexity index is 543. The number of aryl methyl sites for hydroxylation is 1. The summed E-state index contributed by atoms with van der Waals surface area (Å²) in [6.45, 7) is 4.93. The summed E-state index contributed by atoms with van der Waals surface area (Å²) < 4.78 is 1.93. The number of nitrogens with zero attached hydrogens (tertiary/aromatic N) is 2. The number of hydrogen-bond donors (Lipinski definition) is 0. The van der Waals surface area contributed by atoms with E-state index >= 15 is 0 Å². The van der Waals surface area contributed by atoms with Crippen molar-refractivity contribution in [1.82, 2.24) is 9.78 Å². The standard InChI is InChI=1S/C15H18N2O/c1-3-8-17-11-14(10-16-17)12-6-5-7-13(9-12)15(18)4-2/h5-7,9-11H,3-4,8H2,1-2H3. The Morgan fingerprint density at radius 2 is 2.11 bits per heavy atom. The van der Waals surface area contributed by atoms with Crippen LogP contribution in [0.2, 0.25) is 0 Å². The van der Waals surface area contributed by atoms with Crippen LogP contribution in [0.1, 0.15) is 37.0 Å². The van der Waals surface area contributed by atoms with E-state index in [1.165, 1.54) is 0 Å². The number of carbonyl (C=O) groups is 1. The van der Waals surface area contributed by atoms with Crippen molar-refractivity contribution < 1.29 is 4.79 Å². The predicted octanol–water partition coefficient (Wildman–Crippen LogP) is 3.55. The lowest BCUT2D eigenvalue weighted by molar-refractivity contribution is 0.0988. The average molecular weight is 242 g/mol. The van der Waals surface area contributed by atoms with Crippen LogP contribution in [-0.2, 0) is 6.54 Å². The minimum Gasteiger partial charge on any atom is -0.294 e. The number of carbonyl (C=O) groups excluding carboxylic acids is 1. The van der Waals surface area contributed by atoms with Crippen LogP contribution in [0, 0.1) is 0 Å². The molecule has 1 heterocycles. The maximum Gasteiger partial charge on any atom is 0.162 e. The van der Waals surface area contributed by atoms with Gasteiger partial charge in [0.05, 0.1) is 6.20 Å². The van der Waals surface area contributed by atoms with Gasteiger partial charge in [-0.2, -0.15) is 5.10 Å². The Balaban J connectivity index is 2.29. The van der Waals surface area contributed by atoms with Crippen LogP contribution in [0.15, 0.2) is 36.7 Å². The lowest BCUT2D eigenvalue weighted by Gasteiger charge is -2.01. The zero-order chi connectivity index (χ0) is 13.0. The average Bonchev–Trinajstić information content (AvgIpc) is 2.87. The highest BCUT2D eigenvalue weighted by Gasteiger charge is 2.06. The van der Waals surface area contributed by atoms with E-state index in [9.17, 15) is 4.79 Å². The fourth-order valence-electron chi connectivity index (χ4n) is 1.94. The molecule has 1 aromatic carbocycles. The zero-order valence-corrected chi connectivity index (χ0v) is 10.9. The maximum absolute atomic E-state index is 11.7. The van der Waals surface area contributed by atoms with E-state index in [1.807, 2.05) is 48.3 Å². The molecule has 0 N–H and O–H groups in total. The minimum absolute atomic E-state index is 0.179. The Hall–Kier alpha value is -1.90. The molecule has 0 atom stereocenters. The Morgan fingerprint density at radius 3 is 2.83 bits per heavy atom. The van der Waals surface area contributed by atoms with E-state index < -0.39 is 0 Å². The number of aromatic nitrogens is 2.